The minimum Gasteiger partial charge on any atom is -0.395 e. The van der Waals surface area contributed by atoms with Gasteiger partial charge in [-0.25, -0.2) is 0 Å². The summed E-state index contributed by atoms with van der Waals surface area (Å²) < 4.78 is 0. The van der Waals surface area contributed by atoms with Crippen LogP contribution in [0.3, 0.4) is 0 Å². The molecule has 3 rings (SSSR count). The molecule has 0 saturated heterocycles. The number of rotatable bonds is 2. The molecular formula is C14H12N2O3. The first-order chi connectivity index (χ1) is 9.15. The van der Waals surface area contributed by atoms with Gasteiger partial charge in [-0.1, -0.05) is 18.2 Å². The van der Waals surface area contributed by atoms with Crippen molar-refractivity contribution in [2.24, 2.45) is 0 Å². The van der Waals surface area contributed by atoms with E-state index in [0.29, 0.717) is 27.7 Å². The summed E-state index contributed by atoms with van der Waals surface area (Å²) >= 11 is 0. The molecule has 0 aliphatic carbocycles. The fourth-order valence-electron chi connectivity index (χ4n) is 2.48. The van der Waals surface area contributed by atoms with E-state index in [2.05, 4.69) is 4.98 Å². The van der Waals surface area contributed by atoms with Gasteiger partial charge in [-0.15, -0.1) is 0 Å². The van der Waals surface area contributed by atoms with Gasteiger partial charge < -0.3 is 5.11 Å². The lowest BCUT2D eigenvalue weighted by Crippen LogP contribution is -2.32. The zero-order chi connectivity index (χ0) is 13.6. The van der Waals surface area contributed by atoms with E-state index >= 15 is 0 Å². The Labute approximate surface area is 109 Å². The lowest BCUT2D eigenvalue weighted by Gasteiger charge is -2.10. The first-order valence-corrected chi connectivity index (χ1v) is 6.01. The fourth-order valence-corrected chi connectivity index (χ4v) is 2.48. The minimum atomic E-state index is -0.371. The van der Waals surface area contributed by atoms with Crippen LogP contribution >= 0.6 is 0 Å². The summed E-state index contributed by atoms with van der Waals surface area (Å²) in [5.74, 6) is -0.722. The molecule has 5 nitrogen and oxygen atoms in total. The van der Waals surface area contributed by atoms with Crippen molar-refractivity contribution in [3.8, 4) is 0 Å². The molecule has 96 valence electrons. The first-order valence-electron chi connectivity index (χ1n) is 6.01. The average Bonchev–Trinajstić information content (AvgIpc) is 2.65. The van der Waals surface area contributed by atoms with E-state index in [-0.39, 0.29) is 25.0 Å². The molecule has 0 bridgehead atoms. The number of β-amino-alcohol motifs (C(OH)–C–C–N with tert-alkyl or cyclic N) is 1. The Hall–Kier alpha value is -2.27. The number of fused-ring (bicyclic) bond motifs is 3. The number of hydrogen-bond donors (Lipinski definition) is 1. The van der Waals surface area contributed by atoms with E-state index in [1.165, 1.54) is 0 Å². The molecule has 2 aromatic rings. The van der Waals surface area contributed by atoms with Crippen LogP contribution in [0.15, 0.2) is 24.3 Å². The summed E-state index contributed by atoms with van der Waals surface area (Å²) in [5, 5.41) is 9.64. The lowest BCUT2D eigenvalue weighted by molar-refractivity contribution is 0.0624. The van der Waals surface area contributed by atoms with Gasteiger partial charge in [0.15, 0.2) is 0 Å². The number of pyridine rings is 1. The van der Waals surface area contributed by atoms with Crippen molar-refractivity contribution in [3.05, 3.63) is 41.1 Å². The fraction of sp³-hybridized carbons (Fsp3) is 0.214. The second-order valence-electron chi connectivity index (χ2n) is 4.45. The van der Waals surface area contributed by atoms with Crippen LogP contribution in [0.1, 0.15) is 26.4 Å². The molecule has 1 aromatic carbocycles. The van der Waals surface area contributed by atoms with Crippen molar-refractivity contribution in [2.45, 2.75) is 6.92 Å². The molecule has 0 radical (unpaired) electrons. The van der Waals surface area contributed by atoms with E-state index < -0.39 is 0 Å². The smallest absolute Gasteiger partial charge is 0.263 e. The van der Waals surface area contributed by atoms with Crippen molar-refractivity contribution < 1.29 is 14.7 Å². The van der Waals surface area contributed by atoms with E-state index in [1.807, 2.05) is 18.2 Å². The van der Waals surface area contributed by atoms with Crippen LogP contribution in [0.5, 0.6) is 0 Å². The summed E-state index contributed by atoms with van der Waals surface area (Å²) in [7, 11) is 0. The predicted molar refractivity (Wildman–Crippen MR) is 68.9 cm³/mol. The standard InChI is InChI=1S/C14H12N2O3/c1-8-11-12(9-4-2-3-5-10(9)15-8)14(19)16(6-7-17)13(11)18/h2-5,17H,6-7H2,1H3. The van der Waals surface area contributed by atoms with Gasteiger partial charge in [0, 0.05) is 5.39 Å². The van der Waals surface area contributed by atoms with E-state index in [9.17, 15) is 9.59 Å². The van der Waals surface area contributed by atoms with Gasteiger partial charge in [0.1, 0.15) is 0 Å². The summed E-state index contributed by atoms with van der Waals surface area (Å²) in [5.41, 5.74) is 2.01. The second-order valence-corrected chi connectivity index (χ2v) is 4.45. The highest BCUT2D eigenvalue weighted by Crippen LogP contribution is 2.30. The Kier molecular flexibility index (Phi) is 2.57. The molecule has 5 heteroatoms. The van der Waals surface area contributed by atoms with Crippen LogP contribution < -0.4 is 0 Å². The molecular weight excluding hydrogens is 244 g/mol. The number of aliphatic hydroxyl groups is 1. The van der Waals surface area contributed by atoms with Crippen molar-refractivity contribution in [1.29, 1.82) is 0 Å². The summed E-state index contributed by atoms with van der Waals surface area (Å²) in [6.07, 6.45) is 0. The van der Waals surface area contributed by atoms with Gasteiger partial charge in [0.05, 0.1) is 35.5 Å². The number of benzene rings is 1. The number of hydrogen-bond acceptors (Lipinski definition) is 4. The zero-order valence-electron chi connectivity index (χ0n) is 10.4. The molecule has 1 aliphatic heterocycles. The van der Waals surface area contributed by atoms with Crippen molar-refractivity contribution >= 4 is 22.7 Å². The highest BCUT2D eigenvalue weighted by atomic mass is 16.3. The SMILES string of the molecule is Cc1nc2ccccc2c2c1C(=O)N(CCO)C2=O. The van der Waals surface area contributed by atoms with Gasteiger partial charge in [-0.2, -0.15) is 0 Å². The molecule has 2 amide bonds. The Bertz CT molecular complexity index is 709. The first kappa shape index (κ1) is 11.8. The van der Waals surface area contributed by atoms with E-state index in [1.54, 1.807) is 13.0 Å². The highest BCUT2D eigenvalue weighted by molar-refractivity contribution is 6.26. The lowest BCUT2D eigenvalue weighted by atomic mass is 10.0. The molecule has 0 spiro atoms. The molecule has 0 fully saturated rings. The van der Waals surface area contributed by atoms with Crippen molar-refractivity contribution in [2.75, 3.05) is 13.2 Å². The number of amides is 2. The average molecular weight is 256 g/mol. The Morgan fingerprint density at radius 2 is 1.84 bits per heavy atom. The largest absolute Gasteiger partial charge is 0.395 e. The van der Waals surface area contributed by atoms with Crippen LogP contribution in [0.2, 0.25) is 0 Å². The molecule has 2 heterocycles. The van der Waals surface area contributed by atoms with Gasteiger partial charge in [0.25, 0.3) is 11.8 Å². The monoisotopic (exact) mass is 256 g/mol. The summed E-state index contributed by atoms with van der Waals surface area (Å²) in [4.78, 5) is 30.0. The molecule has 0 saturated carbocycles. The van der Waals surface area contributed by atoms with Crippen LogP contribution in [0, 0.1) is 6.92 Å². The van der Waals surface area contributed by atoms with Gasteiger partial charge in [-0.3, -0.25) is 19.5 Å². The third-order valence-corrected chi connectivity index (χ3v) is 3.31. The van der Waals surface area contributed by atoms with Crippen molar-refractivity contribution in [1.82, 2.24) is 9.88 Å². The number of carbonyl (C=O) groups excluding carboxylic acids is 2. The molecule has 19 heavy (non-hydrogen) atoms. The summed E-state index contributed by atoms with van der Waals surface area (Å²) in [6.45, 7) is 1.49. The van der Waals surface area contributed by atoms with E-state index in [4.69, 9.17) is 5.11 Å². The zero-order valence-corrected chi connectivity index (χ0v) is 10.4. The number of nitrogens with zero attached hydrogens (tertiary/aromatic N) is 2. The maximum Gasteiger partial charge on any atom is 0.263 e. The van der Waals surface area contributed by atoms with E-state index in [0.717, 1.165) is 4.90 Å². The molecule has 1 aliphatic rings. The maximum atomic E-state index is 12.3. The third-order valence-electron chi connectivity index (χ3n) is 3.31. The molecule has 1 aromatic heterocycles. The number of carbonyl (C=O) groups is 2. The minimum absolute atomic E-state index is 0.0140. The Morgan fingerprint density at radius 1 is 1.16 bits per heavy atom. The number of aromatic nitrogens is 1. The molecule has 0 atom stereocenters. The van der Waals surface area contributed by atoms with Crippen molar-refractivity contribution in [3.63, 3.8) is 0 Å². The van der Waals surface area contributed by atoms with Crippen LogP contribution in [0.4, 0.5) is 0 Å². The van der Waals surface area contributed by atoms with Crippen LogP contribution in [-0.2, 0) is 0 Å². The number of aliphatic hydroxyl groups excluding tert-OH is 1. The van der Waals surface area contributed by atoms with Crippen LogP contribution in [0.25, 0.3) is 10.9 Å². The quantitative estimate of drug-likeness (QED) is 0.818. The molecule has 1 N–H and O–H groups in total. The molecule has 0 unspecified atom stereocenters. The topological polar surface area (TPSA) is 70.5 Å². The normalized spacial score (nSPS) is 14.3. The Balaban J connectivity index is 2.33. The van der Waals surface area contributed by atoms with Crippen LogP contribution in [-0.4, -0.2) is 40.0 Å². The maximum absolute atomic E-state index is 12.3. The number of imide groups is 1. The predicted octanol–water partition coefficient (Wildman–Crippen LogP) is 1.13. The highest BCUT2D eigenvalue weighted by Gasteiger charge is 2.38. The van der Waals surface area contributed by atoms with Gasteiger partial charge in [-0.05, 0) is 13.0 Å². The number of para-hydroxylation sites is 1. The van der Waals surface area contributed by atoms with Gasteiger partial charge >= 0.3 is 0 Å². The summed E-state index contributed by atoms with van der Waals surface area (Å²) in [6, 6.07) is 7.25. The third kappa shape index (κ3) is 1.55. The Morgan fingerprint density at radius 3 is 2.58 bits per heavy atom. The van der Waals surface area contributed by atoms with Gasteiger partial charge in [0.2, 0.25) is 0 Å². The number of aryl methyl sites for hydroxylation is 1. The second kappa shape index (κ2) is 4.13.